The smallest absolute Gasteiger partial charge is 0.387 e. The van der Waals surface area contributed by atoms with Crippen molar-refractivity contribution in [3.05, 3.63) is 77.3 Å². The molecule has 3 aromatic rings. The summed E-state index contributed by atoms with van der Waals surface area (Å²) >= 11 is 0. The van der Waals surface area contributed by atoms with E-state index in [9.17, 15) is 43.7 Å². The van der Waals surface area contributed by atoms with Gasteiger partial charge in [0.15, 0.2) is 11.8 Å². The zero-order valence-electron chi connectivity index (χ0n) is 19.6. The van der Waals surface area contributed by atoms with Gasteiger partial charge in [0, 0.05) is 32.5 Å². The molecule has 0 saturated carbocycles. The van der Waals surface area contributed by atoms with E-state index in [1.807, 2.05) is 11.9 Å². The first kappa shape index (κ1) is 28.4. The Balaban J connectivity index is 1.57. The number of hydrogen-bond donors (Lipinski definition) is 2. The first-order chi connectivity index (χ1) is 18.4. The number of rotatable bonds is 11. The van der Waals surface area contributed by atoms with Gasteiger partial charge in [-0.05, 0) is 19.1 Å². The van der Waals surface area contributed by atoms with Gasteiger partial charge >= 0.3 is 21.1 Å². The summed E-state index contributed by atoms with van der Waals surface area (Å²) in [4.78, 5) is 63.0. The van der Waals surface area contributed by atoms with Crippen LogP contribution in [0.25, 0.3) is 11.0 Å². The highest BCUT2D eigenvalue weighted by Gasteiger charge is 2.47. The third-order valence-corrected chi connectivity index (χ3v) is 8.40. The Morgan fingerprint density at radius 3 is 2.46 bits per heavy atom. The van der Waals surface area contributed by atoms with Crippen LogP contribution in [0.2, 0.25) is 0 Å². The number of aliphatic hydroxyl groups excluding tert-OH is 2. The maximum Gasteiger partial charge on any atom is 0.513 e. The van der Waals surface area contributed by atoms with Crippen molar-refractivity contribution in [2.24, 2.45) is 14.8 Å². The van der Waals surface area contributed by atoms with Crippen LogP contribution in [0.5, 0.6) is 0 Å². The minimum Gasteiger partial charge on any atom is -0.387 e. The molecule has 2 aromatic heterocycles. The molecule has 0 bridgehead atoms. The molecule has 1 aromatic carbocycles. The van der Waals surface area contributed by atoms with Gasteiger partial charge in [-0.25, -0.2) is 13.9 Å². The van der Waals surface area contributed by atoms with Crippen molar-refractivity contribution in [3.63, 3.8) is 0 Å². The molecule has 1 saturated heterocycles. The van der Waals surface area contributed by atoms with Crippen molar-refractivity contribution in [2.45, 2.75) is 38.0 Å². The summed E-state index contributed by atoms with van der Waals surface area (Å²) in [5.41, 5.74) is -0.116. The predicted molar refractivity (Wildman–Crippen MR) is 128 cm³/mol. The molecule has 0 spiro atoms. The number of aryl methyl sites for hydroxylation is 1. The number of aliphatic hydroxyl groups is 2. The Kier molecular flexibility index (Phi) is 7.94. The average molecular weight is 588 g/mol. The maximum absolute atomic E-state index is 13.2. The zero-order valence-corrected chi connectivity index (χ0v) is 21.4. The summed E-state index contributed by atoms with van der Waals surface area (Å²) in [7, 11) is -10.6. The van der Waals surface area contributed by atoms with E-state index in [1.54, 1.807) is 28.1 Å². The molecule has 1 fully saturated rings. The molecule has 5 atom stereocenters. The molecule has 39 heavy (non-hydrogen) atoms. The number of fused-ring (bicyclic) bond motifs is 1. The fourth-order valence-electron chi connectivity index (χ4n) is 3.74. The highest BCUT2D eigenvalue weighted by molar-refractivity contribution is 7.67. The second kappa shape index (κ2) is 10.9. The van der Waals surface area contributed by atoms with Gasteiger partial charge in [0.05, 0.1) is 13.2 Å². The number of nitroso groups, excluding NO2 is 3. The second-order valence-corrected chi connectivity index (χ2v) is 11.5. The van der Waals surface area contributed by atoms with Gasteiger partial charge in [0.25, 0.3) is 5.56 Å². The zero-order chi connectivity index (χ0) is 28.5. The van der Waals surface area contributed by atoms with Crippen LogP contribution >= 0.6 is 15.4 Å². The third kappa shape index (κ3) is 5.60. The third-order valence-electron chi connectivity index (χ3n) is 5.63. The molecule has 1 aliphatic heterocycles. The van der Waals surface area contributed by atoms with Gasteiger partial charge < -0.3 is 19.5 Å². The van der Waals surface area contributed by atoms with Gasteiger partial charge in [-0.3, -0.25) is 18.5 Å². The Morgan fingerprint density at radius 1 is 1.08 bits per heavy atom. The first-order valence-electron chi connectivity index (χ1n) is 10.7. The summed E-state index contributed by atoms with van der Waals surface area (Å²) in [5, 5.41) is 25.3. The highest BCUT2D eigenvalue weighted by Crippen LogP contribution is 2.66. The number of nitrogens with zero attached hydrogens (tertiary/aromatic N) is 6. The molecule has 0 amide bonds. The topological polar surface area (TPSA) is 261 Å². The number of benzene rings is 1. The van der Waals surface area contributed by atoms with Gasteiger partial charge in [-0.2, -0.15) is 4.31 Å². The SMILES string of the molecule is Cc1ccc2onc(Cn3c(=O)ccn([C@@H]4O[C@H](COP(=O)(N=O)OP(=O)(N=O)N=O)[C@H](O)[C@@H]4O)c3=O)c2c1. The molecule has 21 heteroatoms. The molecular formula is C18H18N6O13P2. The summed E-state index contributed by atoms with van der Waals surface area (Å²) in [5.74, 6) is 0. The Labute approximate surface area is 215 Å². The van der Waals surface area contributed by atoms with E-state index >= 15 is 0 Å². The predicted octanol–water partition coefficient (Wildman–Crippen LogP) is 1.68. The van der Waals surface area contributed by atoms with Crippen molar-refractivity contribution in [1.29, 1.82) is 0 Å². The first-order valence-corrected chi connectivity index (χ1v) is 13.8. The van der Waals surface area contributed by atoms with E-state index in [4.69, 9.17) is 9.26 Å². The Bertz CT molecular complexity index is 1640. The van der Waals surface area contributed by atoms with Gasteiger partial charge in [-0.1, -0.05) is 16.8 Å². The van der Waals surface area contributed by atoms with Crippen molar-refractivity contribution in [3.8, 4) is 0 Å². The van der Waals surface area contributed by atoms with Crippen molar-refractivity contribution >= 4 is 26.4 Å². The van der Waals surface area contributed by atoms with Crippen LogP contribution in [0, 0.1) is 21.6 Å². The molecule has 2 N–H and O–H groups in total. The lowest BCUT2D eigenvalue weighted by molar-refractivity contribution is -0.0529. The fourth-order valence-corrected chi connectivity index (χ4v) is 5.78. The summed E-state index contributed by atoms with van der Waals surface area (Å²) in [6, 6.07) is 6.21. The van der Waals surface area contributed by atoms with Gasteiger partial charge in [0.1, 0.15) is 24.0 Å². The number of aromatic nitrogens is 3. The van der Waals surface area contributed by atoms with E-state index in [0.29, 0.717) is 11.0 Å². The average Bonchev–Trinajstić information content (AvgIpc) is 3.45. The van der Waals surface area contributed by atoms with Gasteiger partial charge in [0.2, 0.25) is 0 Å². The largest absolute Gasteiger partial charge is 0.513 e. The quantitative estimate of drug-likeness (QED) is 0.238. The van der Waals surface area contributed by atoms with Crippen LogP contribution in [-0.2, 0) is 29.2 Å². The minimum atomic E-state index is -5.31. The summed E-state index contributed by atoms with van der Waals surface area (Å²) < 4.78 is 44.5. The molecule has 3 heterocycles. The standard InChI is InChI=1S/C18H18N6O13P2/c1-9-2-3-12-10(6-9)11(19-36-12)7-24-14(25)4-5-23(18(24)28)17-16(27)15(26)13(35-17)8-34-39(33,22-31)37-38(32,20-29)21-30/h2-6,13,15-17,26-27H,7-8H2,1H3/t13-,15+,16+,17-,39?/m1/s1. The lowest BCUT2D eigenvalue weighted by atomic mass is 10.1. The molecule has 19 nitrogen and oxygen atoms in total. The van der Waals surface area contributed by atoms with Crippen LogP contribution in [0.1, 0.15) is 17.5 Å². The number of ether oxygens (including phenoxy) is 1. The van der Waals surface area contributed by atoms with Crippen molar-refractivity contribution < 1.29 is 37.4 Å². The highest BCUT2D eigenvalue weighted by atomic mass is 31.3. The number of hydrogen-bond acceptors (Lipinski definition) is 14. The molecule has 0 radical (unpaired) electrons. The summed E-state index contributed by atoms with van der Waals surface area (Å²) in [6.07, 6.45) is -5.87. The van der Waals surface area contributed by atoms with Crippen LogP contribution in [0.3, 0.4) is 0 Å². The van der Waals surface area contributed by atoms with E-state index in [0.717, 1.165) is 27.0 Å². The minimum absolute atomic E-state index is 0.272. The van der Waals surface area contributed by atoms with E-state index in [2.05, 4.69) is 14.0 Å². The maximum atomic E-state index is 13.2. The van der Waals surface area contributed by atoms with Crippen molar-refractivity contribution in [2.75, 3.05) is 6.61 Å². The van der Waals surface area contributed by atoms with Crippen LogP contribution < -0.4 is 11.2 Å². The van der Waals surface area contributed by atoms with Crippen LogP contribution in [0.15, 0.2) is 59.4 Å². The molecule has 4 rings (SSSR count). The molecule has 0 aliphatic carbocycles. The van der Waals surface area contributed by atoms with E-state index in [1.165, 1.54) is 0 Å². The van der Waals surface area contributed by atoms with E-state index in [-0.39, 0.29) is 12.2 Å². The summed E-state index contributed by atoms with van der Waals surface area (Å²) in [6.45, 7) is 0.484. The molecule has 1 aliphatic rings. The lowest BCUT2D eigenvalue weighted by Gasteiger charge is -2.18. The second-order valence-electron chi connectivity index (χ2n) is 8.19. The van der Waals surface area contributed by atoms with Crippen LogP contribution in [-0.4, -0.2) is 49.4 Å². The molecule has 208 valence electrons. The Morgan fingerprint density at radius 2 is 1.79 bits per heavy atom. The fraction of sp³-hybridized carbons (Fsp3) is 0.389. The van der Waals surface area contributed by atoms with E-state index < -0.39 is 57.8 Å². The molecular weight excluding hydrogens is 570 g/mol. The van der Waals surface area contributed by atoms with Gasteiger partial charge in [-0.15, -0.1) is 14.7 Å². The lowest BCUT2D eigenvalue weighted by Crippen LogP contribution is -2.43. The van der Waals surface area contributed by atoms with Crippen LogP contribution in [0.4, 0.5) is 0 Å². The normalized spacial score (nSPS) is 22.9. The monoisotopic (exact) mass is 588 g/mol. The molecule has 1 unspecified atom stereocenters. The van der Waals surface area contributed by atoms with Crippen molar-refractivity contribution in [1.82, 2.24) is 14.3 Å². The Hall–Kier alpha value is -3.57.